The van der Waals surface area contributed by atoms with Crippen LogP contribution in [0.3, 0.4) is 0 Å². The van der Waals surface area contributed by atoms with E-state index in [0.717, 1.165) is 37.6 Å². The lowest BCUT2D eigenvalue weighted by molar-refractivity contribution is -0.141. The molecule has 0 aliphatic carbocycles. The van der Waals surface area contributed by atoms with Gasteiger partial charge in [-0.1, -0.05) is 6.07 Å². The van der Waals surface area contributed by atoms with E-state index in [1.54, 1.807) is 7.05 Å². The van der Waals surface area contributed by atoms with Crippen molar-refractivity contribution in [3.8, 4) is 0 Å². The predicted octanol–water partition coefficient (Wildman–Crippen LogP) is 2.42. The van der Waals surface area contributed by atoms with Gasteiger partial charge in [-0.3, -0.25) is 0 Å². The minimum Gasteiger partial charge on any atom is -0.356 e. The Morgan fingerprint density at radius 2 is 1.94 bits per heavy atom. The van der Waals surface area contributed by atoms with Crippen molar-refractivity contribution in [3.63, 3.8) is 0 Å². The fourth-order valence-electron chi connectivity index (χ4n) is 2.17. The molecule has 2 heterocycles. The topological polar surface area (TPSA) is 28.2 Å². The van der Waals surface area contributed by atoms with E-state index < -0.39 is 11.9 Å². The molecule has 100 valence electrons. The molecule has 0 atom stereocenters. The molecule has 1 N–H and O–H groups in total. The van der Waals surface area contributed by atoms with Gasteiger partial charge in [0.05, 0.1) is 0 Å². The molecule has 6 heteroatoms. The standard InChI is InChI=1S/C12H16F3N3/c1-16-8-9-4-5-10(12(13,14)15)17-11(9)18-6-2-3-7-18/h4-5,16H,2-3,6-8H2,1H3. The molecule has 1 fully saturated rings. The summed E-state index contributed by atoms with van der Waals surface area (Å²) in [5, 5.41) is 2.96. The number of rotatable bonds is 3. The van der Waals surface area contributed by atoms with Crippen molar-refractivity contribution in [2.45, 2.75) is 25.6 Å². The van der Waals surface area contributed by atoms with Gasteiger partial charge in [-0.25, -0.2) is 4.98 Å². The Hall–Kier alpha value is -1.30. The van der Waals surface area contributed by atoms with Crippen molar-refractivity contribution in [3.05, 3.63) is 23.4 Å². The smallest absolute Gasteiger partial charge is 0.356 e. The number of nitrogens with zero attached hydrogens (tertiary/aromatic N) is 2. The van der Waals surface area contributed by atoms with Crippen molar-refractivity contribution >= 4 is 5.82 Å². The summed E-state index contributed by atoms with van der Waals surface area (Å²) in [6.45, 7) is 2.09. The van der Waals surface area contributed by atoms with Gasteiger partial charge in [0.15, 0.2) is 0 Å². The molecular formula is C12H16F3N3. The van der Waals surface area contributed by atoms with Crippen LogP contribution in [0.25, 0.3) is 0 Å². The highest BCUT2D eigenvalue weighted by atomic mass is 19.4. The van der Waals surface area contributed by atoms with Gasteiger partial charge in [0, 0.05) is 25.2 Å². The molecule has 0 amide bonds. The lowest BCUT2D eigenvalue weighted by atomic mass is 10.2. The minimum absolute atomic E-state index is 0.469. The van der Waals surface area contributed by atoms with Crippen LogP contribution in [-0.2, 0) is 12.7 Å². The number of nitrogens with one attached hydrogen (secondary N) is 1. The Kier molecular flexibility index (Phi) is 3.75. The van der Waals surface area contributed by atoms with Gasteiger partial charge in [-0.2, -0.15) is 13.2 Å². The molecule has 1 aliphatic rings. The third-order valence-electron chi connectivity index (χ3n) is 3.02. The second-order valence-corrected chi connectivity index (χ2v) is 4.40. The summed E-state index contributed by atoms with van der Waals surface area (Å²) in [7, 11) is 1.77. The van der Waals surface area contributed by atoms with Crippen LogP contribution in [0.1, 0.15) is 24.1 Å². The van der Waals surface area contributed by atoms with Gasteiger partial charge < -0.3 is 10.2 Å². The largest absolute Gasteiger partial charge is 0.433 e. The van der Waals surface area contributed by atoms with Crippen LogP contribution in [0, 0.1) is 0 Å². The Balaban J connectivity index is 2.37. The maximum atomic E-state index is 12.7. The monoisotopic (exact) mass is 259 g/mol. The van der Waals surface area contributed by atoms with E-state index >= 15 is 0 Å². The quantitative estimate of drug-likeness (QED) is 0.903. The van der Waals surface area contributed by atoms with Gasteiger partial charge in [-0.05, 0) is 26.0 Å². The van der Waals surface area contributed by atoms with E-state index in [1.165, 1.54) is 6.07 Å². The number of pyridine rings is 1. The van der Waals surface area contributed by atoms with Crippen LogP contribution in [0.4, 0.5) is 19.0 Å². The lowest BCUT2D eigenvalue weighted by Gasteiger charge is -2.21. The molecule has 1 aromatic rings. The van der Waals surface area contributed by atoms with Crippen LogP contribution in [0.2, 0.25) is 0 Å². The van der Waals surface area contributed by atoms with Crippen molar-refractivity contribution in [2.24, 2.45) is 0 Å². The van der Waals surface area contributed by atoms with E-state index in [2.05, 4.69) is 10.3 Å². The van der Waals surface area contributed by atoms with Gasteiger partial charge in [0.25, 0.3) is 0 Å². The van der Waals surface area contributed by atoms with Crippen LogP contribution in [0.15, 0.2) is 12.1 Å². The first-order chi connectivity index (χ1) is 8.52. The molecule has 0 bridgehead atoms. The minimum atomic E-state index is -4.38. The molecule has 3 nitrogen and oxygen atoms in total. The number of aromatic nitrogens is 1. The van der Waals surface area contributed by atoms with Crippen molar-refractivity contribution in [1.29, 1.82) is 0 Å². The average molecular weight is 259 g/mol. The van der Waals surface area contributed by atoms with Gasteiger partial charge in [0.2, 0.25) is 0 Å². The summed E-state index contributed by atoms with van der Waals surface area (Å²) in [5.74, 6) is 0.469. The summed E-state index contributed by atoms with van der Waals surface area (Å²) in [4.78, 5) is 5.74. The van der Waals surface area contributed by atoms with E-state index in [-0.39, 0.29) is 0 Å². The first-order valence-electron chi connectivity index (χ1n) is 5.99. The third-order valence-corrected chi connectivity index (χ3v) is 3.02. The molecule has 0 aromatic carbocycles. The highest BCUT2D eigenvalue weighted by Gasteiger charge is 2.33. The molecule has 18 heavy (non-hydrogen) atoms. The first kappa shape index (κ1) is 13.1. The van der Waals surface area contributed by atoms with E-state index in [9.17, 15) is 13.2 Å². The average Bonchev–Trinajstić information content (AvgIpc) is 2.82. The predicted molar refractivity (Wildman–Crippen MR) is 63.4 cm³/mol. The lowest BCUT2D eigenvalue weighted by Crippen LogP contribution is -2.24. The Morgan fingerprint density at radius 3 is 2.50 bits per heavy atom. The number of hydrogen-bond donors (Lipinski definition) is 1. The maximum Gasteiger partial charge on any atom is 0.433 e. The molecule has 2 rings (SSSR count). The third kappa shape index (κ3) is 2.75. The van der Waals surface area contributed by atoms with E-state index in [4.69, 9.17) is 0 Å². The molecule has 0 saturated carbocycles. The molecule has 0 radical (unpaired) electrons. The van der Waals surface area contributed by atoms with Gasteiger partial charge in [-0.15, -0.1) is 0 Å². The molecule has 1 aliphatic heterocycles. The second-order valence-electron chi connectivity index (χ2n) is 4.40. The molecule has 1 aromatic heterocycles. The summed E-state index contributed by atoms with van der Waals surface area (Å²) >= 11 is 0. The number of alkyl halides is 3. The summed E-state index contributed by atoms with van der Waals surface area (Å²) in [6, 6.07) is 2.56. The summed E-state index contributed by atoms with van der Waals surface area (Å²) in [6.07, 6.45) is -2.36. The number of halogens is 3. The van der Waals surface area contributed by atoms with Gasteiger partial charge in [0.1, 0.15) is 11.5 Å². The molecule has 0 unspecified atom stereocenters. The zero-order chi connectivity index (χ0) is 13.2. The molecule has 0 spiro atoms. The first-order valence-corrected chi connectivity index (χ1v) is 5.99. The SMILES string of the molecule is CNCc1ccc(C(F)(F)F)nc1N1CCCC1. The van der Waals surface area contributed by atoms with Crippen LogP contribution in [-0.4, -0.2) is 25.1 Å². The van der Waals surface area contributed by atoms with Gasteiger partial charge >= 0.3 is 6.18 Å². The number of hydrogen-bond acceptors (Lipinski definition) is 3. The Morgan fingerprint density at radius 1 is 1.28 bits per heavy atom. The highest BCUT2D eigenvalue weighted by Crippen LogP contribution is 2.31. The zero-order valence-corrected chi connectivity index (χ0v) is 10.2. The maximum absolute atomic E-state index is 12.7. The fraction of sp³-hybridized carbons (Fsp3) is 0.583. The van der Waals surface area contributed by atoms with Crippen LogP contribution < -0.4 is 10.2 Å². The van der Waals surface area contributed by atoms with E-state index in [0.29, 0.717) is 12.4 Å². The molecule has 1 saturated heterocycles. The van der Waals surface area contributed by atoms with Crippen LogP contribution in [0.5, 0.6) is 0 Å². The van der Waals surface area contributed by atoms with Crippen LogP contribution >= 0.6 is 0 Å². The van der Waals surface area contributed by atoms with E-state index in [1.807, 2.05) is 4.90 Å². The van der Waals surface area contributed by atoms with Crippen molar-refractivity contribution in [1.82, 2.24) is 10.3 Å². The summed E-state index contributed by atoms with van der Waals surface area (Å²) < 4.78 is 38.0. The van der Waals surface area contributed by atoms with Crippen molar-refractivity contribution < 1.29 is 13.2 Å². The zero-order valence-electron chi connectivity index (χ0n) is 10.2. The Bertz CT molecular complexity index is 412. The second kappa shape index (κ2) is 5.14. The summed E-state index contributed by atoms with van der Waals surface area (Å²) in [5.41, 5.74) is -0.00310. The fourth-order valence-corrected chi connectivity index (χ4v) is 2.17. The highest BCUT2D eigenvalue weighted by molar-refractivity contribution is 5.49. The number of anilines is 1. The Labute approximate surface area is 104 Å². The van der Waals surface area contributed by atoms with Crippen molar-refractivity contribution in [2.75, 3.05) is 25.0 Å². The molecular weight excluding hydrogens is 243 g/mol. The normalized spacial score (nSPS) is 16.3.